The lowest BCUT2D eigenvalue weighted by Crippen LogP contribution is -2.43. The summed E-state index contributed by atoms with van der Waals surface area (Å²) in [4.78, 5) is 36.7. The van der Waals surface area contributed by atoms with Gasteiger partial charge in [0.25, 0.3) is 0 Å². The Labute approximate surface area is 205 Å². The molecule has 9 nitrogen and oxygen atoms in total. The van der Waals surface area contributed by atoms with Gasteiger partial charge in [0.1, 0.15) is 24.0 Å². The maximum Gasteiger partial charge on any atom is 0.407 e. The second-order valence-corrected chi connectivity index (χ2v) is 10.0. The first-order valence-electron chi connectivity index (χ1n) is 11.5. The molecule has 0 spiro atoms. The quantitative estimate of drug-likeness (QED) is 0.450. The molecule has 190 valence electrons. The minimum Gasteiger partial charge on any atom is -0.490 e. The van der Waals surface area contributed by atoms with E-state index in [9.17, 15) is 19.5 Å². The van der Waals surface area contributed by atoms with Crippen molar-refractivity contribution in [1.82, 2.24) is 10.2 Å². The lowest BCUT2D eigenvalue weighted by Gasteiger charge is -2.34. The second kappa shape index (κ2) is 12.3. The van der Waals surface area contributed by atoms with Crippen LogP contribution in [0.2, 0.25) is 5.02 Å². The molecule has 34 heavy (non-hydrogen) atoms. The third-order valence-electron chi connectivity index (χ3n) is 5.77. The molecule has 2 atom stereocenters. The molecular formula is C24H36ClN3O6. The number of alkyl carbamates (subject to hydrolysis) is 1. The fourth-order valence-electron chi connectivity index (χ4n) is 3.89. The van der Waals surface area contributed by atoms with Crippen molar-refractivity contribution < 1.29 is 29.0 Å². The lowest BCUT2D eigenvalue weighted by molar-refractivity contribution is -0.143. The number of carbonyl (C=O) groups is 3. The summed E-state index contributed by atoms with van der Waals surface area (Å²) >= 11 is 6.68. The predicted octanol–water partition coefficient (Wildman–Crippen LogP) is 3.53. The Morgan fingerprint density at radius 3 is 2.47 bits per heavy atom. The van der Waals surface area contributed by atoms with E-state index >= 15 is 0 Å². The number of carbonyl (C=O) groups excluding carboxylic acids is 2. The summed E-state index contributed by atoms with van der Waals surface area (Å²) in [5.41, 5.74) is 5.57. The molecule has 1 aliphatic rings. The second-order valence-electron chi connectivity index (χ2n) is 9.64. The molecule has 1 heterocycles. The molecule has 0 radical (unpaired) electrons. The lowest BCUT2D eigenvalue weighted by atomic mass is 9.88. The van der Waals surface area contributed by atoms with E-state index in [1.165, 1.54) is 0 Å². The van der Waals surface area contributed by atoms with Crippen LogP contribution >= 0.6 is 11.6 Å². The van der Waals surface area contributed by atoms with Gasteiger partial charge in [-0.2, -0.15) is 0 Å². The number of carboxylic acids is 1. The number of nitrogens with zero attached hydrogens (tertiary/aromatic N) is 1. The molecule has 2 amide bonds. The summed E-state index contributed by atoms with van der Waals surface area (Å²) in [6, 6.07) is 4.57. The normalized spacial score (nSPS) is 17.0. The topological polar surface area (TPSA) is 131 Å². The number of hydrogen-bond acceptors (Lipinski definition) is 6. The van der Waals surface area contributed by atoms with Crippen LogP contribution in [-0.4, -0.2) is 65.4 Å². The molecule has 1 fully saturated rings. The number of carboxylic acid groups (broad SMARTS) is 1. The predicted molar refractivity (Wildman–Crippen MR) is 129 cm³/mol. The summed E-state index contributed by atoms with van der Waals surface area (Å²) < 4.78 is 11.2. The summed E-state index contributed by atoms with van der Waals surface area (Å²) in [7, 11) is 0. The number of likely N-dealkylation sites (tertiary alicyclic amines) is 1. The number of primary amides is 1. The van der Waals surface area contributed by atoms with Gasteiger partial charge in [-0.1, -0.05) is 23.7 Å². The minimum absolute atomic E-state index is 0.0876. The van der Waals surface area contributed by atoms with E-state index in [0.29, 0.717) is 30.3 Å². The maximum atomic E-state index is 12.2. The third kappa shape index (κ3) is 8.68. The van der Waals surface area contributed by atoms with Crippen molar-refractivity contribution in [3.05, 3.63) is 28.8 Å². The van der Waals surface area contributed by atoms with Crippen LogP contribution in [0.25, 0.3) is 0 Å². The van der Waals surface area contributed by atoms with Gasteiger partial charge in [0.15, 0.2) is 0 Å². The Morgan fingerprint density at radius 1 is 1.26 bits per heavy atom. The standard InChI is InChI=1S/C24H36ClN3O6/c1-15(22(30)31)28-12-10-16(11-13-28)18-6-5-7-19(21(18)25)33-14-17(8-9-20(26)29)27-23(32)34-24(2,3)4/h5-7,15-17H,8-14H2,1-4H3,(H2,26,29)(H,27,32)(H,30,31)/t15?,17-/m0/s1. The molecule has 0 aromatic heterocycles. The van der Waals surface area contributed by atoms with Gasteiger partial charge in [-0.3, -0.25) is 14.5 Å². The molecule has 1 aromatic rings. The van der Waals surface area contributed by atoms with E-state index in [0.717, 1.165) is 18.4 Å². The first-order valence-corrected chi connectivity index (χ1v) is 11.9. The van der Waals surface area contributed by atoms with Crippen LogP contribution in [0.5, 0.6) is 5.75 Å². The monoisotopic (exact) mass is 497 g/mol. The third-order valence-corrected chi connectivity index (χ3v) is 6.17. The Morgan fingerprint density at radius 2 is 1.91 bits per heavy atom. The maximum absolute atomic E-state index is 12.2. The Balaban J connectivity index is 2.03. The van der Waals surface area contributed by atoms with Crippen molar-refractivity contribution >= 4 is 29.6 Å². The molecule has 0 bridgehead atoms. The van der Waals surface area contributed by atoms with Crippen LogP contribution in [0.15, 0.2) is 18.2 Å². The van der Waals surface area contributed by atoms with Crippen LogP contribution in [0.4, 0.5) is 4.79 Å². The SMILES string of the molecule is CC(C(=O)O)N1CCC(c2cccc(OC[C@H](CCC(N)=O)NC(=O)OC(C)(C)C)c2Cl)CC1. The number of rotatable bonds is 10. The number of piperidine rings is 1. The minimum atomic E-state index is -0.822. The number of nitrogens with one attached hydrogen (secondary N) is 1. The van der Waals surface area contributed by atoms with E-state index in [1.807, 2.05) is 17.0 Å². The number of amides is 2. The van der Waals surface area contributed by atoms with E-state index in [1.54, 1.807) is 33.8 Å². The molecule has 4 N–H and O–H groups in total. The molecular weight excluding hydrogens is 462 g/mol. The number of ether oxygens (including phenoxy) is 2. The Bertz CT molecular complexity index is 865. The molecule has 10 heteroatoms. The highest BCUT2D eigenvalue weighted by Gasteiger charge is 2.28. The molecule has 2 rings (SSSR count). The zero-order valence-corrected chi connectivity index (χ0v) is 21.1. The summed E-state index contributed by atoms with van der Waals surface area (Å²) in [6.07, 6.45) is 1.37. The molecule has 1 aliphatic heterocycles. The van der Waals surface area contributed by atoms with Gasteiger partial charge in [-0.05, 0) is 77.6 Å². The number of nitrogens with two attached hydrogens (primary N) is 1. The first kappa shape index (κ1) is 27.7. The molecule has 1 saturated heterocycles. The molecule has 0 aliphatic carbocycles. The van der Waals surface area contributed by atoms with Gasteiger partial charge in [0.2, 0.25) is 5.91 Å². The molecule has 1 aromatic carbocycles. The fraction of sp³-hybridized carbons (Fsp3) is 0.625. The van der Waals surface area contributed by atoms with Crippen LogP contribution < -0.4 is 15.8 Å². The van der Waals surface area contributed by atoms with Crippen molar-refractivity contribution in [1.29, 1.82) is 0 Å². The van der Waals surface area contributed by atoms with E-state index in [4.69, 9.17) is 26.8 Å². The molecule has 0 saturated carbocycles. The first-order chi connectivity index (χ1) is 15.9. The van der Waals surface area contributed by atoms with Gasteiger partial charge in [-0.15, -0.1) is 0 Å². The average Bonchev–Trinajstić information content (AvgIpc) is 2.74. The van der Waals surface area contributed by atoms with Crippen molar-refractivity contribution in [2.45, 2.75) is 77.0 Å². The van der Waals surface area contributed by atoms with Crippen LogP contribution in [0.1, 0.15) is 64.9 Å². The zero-order valence-electron chi connectivity index (χ0n) is 20.3. The van der Waals surface area contributed by atoms with Gasteiger partial charge >= 0.3 is 12.1 Å². The van der Waals surface area contributed by atoms with Crippen molar-refractivity contribution in [2.24, 2.45) is 5.73 Å². The zero-order chi connectivity index (χ0) is 25.5. The van der Waals surface area contributed by atoms with Crippen molar-refractivity contribution in [3.8, 4) is 5.75 Å². The van der Waals surface area contributed by atoms with Gasteiger partial charge in [0.05, 0.1) is 11.1 Å². The van der Waals surface area contributed by atoms with E-state index < -0.39 is 35.7 Å². The van der Waals surface area contributed by atoms with Crippen molar-refractivity contribution in [2.75, 3.05) is 19.7 Å². The van der Waals surface area contributed by atoms with E-state index in [2.05, 4.69) is 5.32 Å². The average molecular weight is 498 g/mol. The number of benzene rings is 1. The summed E-state index contributed by atoms with van der Waals surface area (Å²) in [5.74, 6) is -0.619. The molecule has 1 unspecified atom stereocenters. The highest BCUT2D eigenvalue weighted by atomic mass is 35.5. The Hall–Kier alpha value is -2.52. The Kier molecular flexibility index (Phi) is 10.00. The van der Waals surface area contributed by atoms with E-state index in [-0.39, 0.29) is 18.9 Å². The van der Waals surface area contributed by atoms with Crippen molar-refractivity contribution in [3.63, 3.8) is 0 Å². The highest BCUT2D eigenvalue weighted by Crippen LogP contribution is 2.38. The number of halogens is 1. The highest BCUT2D eigenvalue weighted by molar-refractivity contribution is 6.32. The largest absolute Gasteiger partial charge is 0.490 e. The summed E-state index contributed by atoms with van der Waals surface area (Å²) in [5, 5.41) is 12.5. The van der Waals surface area contributed by atoms with Gasteiger partial charge in [0, 0.05) is 6.42 Å². The van der Waals surface area contributed by atoms with Crippen LogP contribution in [0, 0.1) is 0 Å². The van der Waals surface area contributed by atoms with Crippen LogP contribution in [0.3, 0.4) is 0 Å². The van der Waals surface area contributed by atoms with Gasteiger partial charge in [-0.25, -0.2) is 4.79 Å². The van der Waals surface area contributed by atoms with Gasteiger partial charge < -0.3 is 25.6 Å². The number of aliphatic carboxylic acids is 1. The van der Waals surface area contributed by atoms with Crippen LogP contribution in [-0.2, 0) is 14.3 Å². The fourth-order valence-corrected chi connectivity index (χ4v) is 4.22. The smallest absolute Gasteiger partial charge is 0.407 e. The summed E-state index contributed by atoms with van der Waals surface area (Å²) in [6.45, 7) is 8.43. The number of hydrogen-bond donors (Lipinski definition) is 3.